The minimum absolute atomic E-state index is 0.0524. The zero-order valence-corrected chi connectivity index (χ0v) is 17.7. The lowest BCUT2D eigenvalue weighted by Crippen LogP contribution is -2.19. The molecule has 0 nitrogen and oxygen atoms in total. The van der Waals surface area contributed by atoms with Crippen molar-refractivity contribution in [3.63, 3.8) is 0 Å². The van der Waals surface area contributed by atoms with Gasteiger partial charge in [-0.05, 0) is 122 Å². The van der Waals surface area contributed by atoms with E-state index in [4.69, 9.17) is 0 Å². The molecule has 0 N–H and O–H groups in total. The smallest absolute Gasteiger partial charge is 0.0164 e. The van der Waals surface area contributed by atoms with E-state index in [9.17, 15) is 0 Å². The number of hydrogen-bond acceptors (Lipinski definition) is 0. The number of benzene rings is 2. The molecular weight excluding hydrogens is 300 g/mol. The SMILES string of the molecule is C/C=C/c1c(C)c(C)c2c(c1C)C(C)(C)c1c(C)c(C)c(C)c(C)c1-2. The van der Waals surface area contributed by atoms with Crippen molar-refractivity contribution in [1.82, 2.24) is 0 Å². The monoisotopic (exact) mass is 332 g/mol. The van der Waals surface area contributed by atoms with Crippen molar-refractivity contribution in [3.05, 3.63) is 61.7 Å². The summed E-state index contributed by atoms with van der Waals surface area (Å²) in [5, 5.41) is 0. The lowest BCUT2D eigenvalue weighted by atomic mass is 9.75. The van der Waals surface area contributed by atoms with Crippen LogP contribution in [0.3, 0.4) is 0 Å². The van der Waals surface area contributed by atoms with Gasteiger partial charge in [0, 0.05) is 5.41 Å². The lowest BCUT2D eigenvalue weighted by Gasteiger charge is -2.28. The summed E-state index contributed by atoms with van der Waals surface area (Å²) < 4.78 is 0. The molecule has 132 valence electrons. The third kappa shape index (κ3) is 2.13. The third-order valence-corrected chi connectivity index (χ3v) is 6.89. The van der Waals surface area contributed by atoms with Crippen LogP contribution in [0.15, 0.2) is 6.08 Å². The molecule has 0 radical (unpaired) electrons. The zero-order chi connectivity index (χ0) is 18.8. The molecule has 0 atom stereocenters. The Bertz CT molecular complexity index is 934. The Morgan fingerprint density at radius 2 is 1.00 bits per heavy atom. The van der Waals surface area contributed by atoms with E-state index in [0.29, 0.717) is 0 Å². The van der Waals surface area contributed by atoms with Gasteiger partial charge in [-0.3, -0.25) is 0 Å². The first-order valence-corrected chi connectivity index (χ1v) is 9.45. The normalized spacial score (nSPS) is 15.0. The van der Waals surface area contributed by atoms with E-state index in [2.05, 4.69) is 81.4 Å². The van der Waals surface area contributed by atoms with Gasteiger partial charge in [0.05, 0.1) is 0 Å². The maximum Gasteiger partial charge on any atom is 0.0164 e. The highest BCUT2D eigenvalue weighted by Gasteiger charge is 2.41. The summed E-state index contributed by atoms with van der Waals surface area (Å²) in [4.78, 5) is 0. The Hall–Kier alpha value is -1.82. The molecule has 0 fully saturated rings. The summed E-state index contributed by atoms with van der Waals surface area (Å²) in [5.41, 5.74) is 17.7. The van der Waals surface area contributed by atoms with Crippen LogP contribution in [0.5, 0.6) is 0 Å². The van der Waals surface area contributed by atoms with Gasteiger partial charge in [0.2, 0.25) is 0 Å². The van der Waals surface area contributed by atoms with Crippen LogP contribution in [-0.2, 0) is 5.41 Å². The molecule has 0 aliphatic heterocycles. The van der Waals surface area contributed by atoms with Gasteiger partial charge in [-0.1, -0.05) is 26.0 Å². The highest BCUT2D eigenvalue weighted by atomic mass is 14.4. The van der Waals surface area contributed by atoms with Crippen LogP contribution >= 0.6 is 0 Å². The van der Waals surface area contributed by atoms with Crippen LogP contribution < -0.4 is 0 Å². The summed E-state index contributed by atoms with van der Waals surface area (Å²) in [7, 11) is 0. The van der Waals surface area contributed by atoms with Gasteiger partial charge in [-0.2, -0.15) is 0 Å². The molecular formula is C25H32. The summed E-state index contributed by atoms with van der Waals surface area (Å²) in [6, 6.07) is 0. The molecule has 0 bridgehead atoms. The van der Waals surface area contributed by atoms with Crippen molar-refractivity contribution in [3.8, 4) is 11.1 Å². The second-order valence-electron chi connectivity index (χ2n) is 8.41. The van der Waals surface area contributed by atoms with Crippen molar-refractivity contribution in [2.24, 2.45) is 0 Å². The van der Waals surface area contributed by atoms with Crippen molar-refractivity contribution in [2.45, 2.75) is 74.7 Å². The van der Waals surface area contributed by atoms with Crippen LogP contribution in [0, 0.1) is 48.5 Å². The Balaban J connectivity index is 2.60. The van der Waals surface area contributed by atoms with E-state index < -0.39 is 0 Å². The Morgan fingerprint density at radius 3 is 1.52 bits per heavy atom. The molecule has 2 aromatic rings. The number of fused-ring (bicyclic) bond motifs is 3. The van der Waals surface area contributed by atoms with Crippen molar-refractivity contribution >= 4 is 6.08 Å². The quantitative estimate of drug-likeness (QED) is 0.518. The number of rotatable bonds is 1. The highest BCUT2D eigenvalue weighted by Crippen LogP contribution is 2.56. The zero-order valence-electron chi connectivity index (χ0n) is 17.7. The van der Waals surface area contributed by atoms with E-state index in [1.807, 2.05) is 0 Å². The molecule has 2 aromatic carbocycles. The number of allylic oxidation sites excluding steroid dienone is 1. The van der Waals surface area contributed by atoms with Gasteiger partial charge >= 0.3 is 0 Å². The summed E-state index contributed by atoms with van der Waals surface area (Å²) in [6.07, 6.45) is 4.45. The lowest BCUT2D eigenvalue weighted by molar-refractivity contribution is 0.649. The number of hydrogen-bond donors (Lipinski definition) is 0. The fourth-order valence-corrected chi connectivity index (χ4v) is 5.22. The topological polar surface area (TPSA) is 0 Å². The van der Waals surface area contributed by atoms with E-state index >= 15 is 0 Å². The molecule has 0 spiro atoms. The van der Waals surface area contributed by atoms with Gasteiger partial charge in [0.25, 0.3) is 0 Å². The molecule has 0 aromatic heterocycles. The first-order valence-electron chi connectivity index (χ1n) is 9.45. The van der Waals surface area contributed by atoms with Crippen LogP contribution in [0.2, 0.25) is 0 Å². The molecule has 25 heavy (non-hydrogen) atoms. The van der Waals surface area contributed by atoms with Crippen LogP contribution in [-0.4, -0.2) is 0 Å². The molecule has 0 heteroatoms. The average Bonchev–Trinajstić information content (AvgIpc) is 2.80. The molecule has 1 aliphatic rings. The standard InChI is InChI=1S/C25H32/c1-11-12-20-15(4)17(6)22-21-16(5)13(2)14(3)18(7)23(21)25(9,10)24(22)19(20)8/h11-12H,1-10H3/b12-11+. The molecule has 0 unspecified atom stereocenters. The molecule has 3 rings (SSSR count). The second kappa shape index (κ2) is 5.59. The van der Waals surface area contributed by atoms with Gasteiger partial charge in [0.15, 0.2) is 0 Å². The van der Waals surface area contributed by atoms with E-state index in [0.717, 1.165) is 0 Å². The Kier molecular flexibility index (Phi) is 4.02. The molecule has 0 heterocycles. The van der Waals surface area contributed by atoms with Crippen molar-refractivity contribution in [1.29, 1.82) is 0 Å². The average molecular weight is 333 g/mol. The van der Waals surface area contributed by atoms with Gasteiger partial charge < -0.3 is 0 Å². The summed E-state index contributed by atoms with van der Waals surface area (Å²) in [6.45, 7) is 23.1. The fourth-order valence-electron chi connectivity index (χ4n) is 5.22. The third-order valence-electron chi connectivity index (χ3n) is 6.89. The minimum Gasteiger partial charge on any atom is -0.0870 e. The highest BCUT2D eigenvalue weighted by molar-refractivity contribution is 5.90. The first kappa shape index (κ1) is 18.0. The fraction of sp³-hybridized carbons (Fsp3) is 0.440. The molecule has 0 saturated heterocycles. The van der Waals surface area contributed by atoms with Gasteiger partial charge in [-0.25, -0.2) is 0 Å². The van der Waals surface area contributed by atoms with Crippen LogP contribution in [0.1, 0.15) is 76.4 Å². The summed E-state index contributed by atoms with van der Waals surface area (Å²) in [5.74, 6) is 0. The van der Waals surface area contributed by atoms with Crippen molar-refractivity contribution < 1.29 is 0 Å². The Labute approximate surface area is 154 Å². The minimum atomic E-state index is 0.0524. The van der Waals surface area contributed by atoms with Gasteiger partial charge in [0.1, 0.15) is 0 Å². The van der Waals surface area contributed by atoms with Crippen molar-refractivity contribution in [2.75, 3.05) is 0 Å². The largest absolute Gasteiger partial charge is 0.0870 e. The van der Waals surface area contributed by atoms with E-state index in [1.54, 1.807) is 5.56 Å². The van der Waals surface area contributed by atoms with Crippen LogP contribution in [0.4, 0.5) is 0 Å². The van der Waals surface area contributed by atoms with Gasteiger partial charge in [-0.15, -0.1) is 0 Å². The maximum absolute atomic E-state index is 2.42. The van der Waals surface area contributed by atoms with E-state index in [-0.39, 0.29) is 5.41 Å². The second-order valence-corrected chi connectivity index (χ2v) is 8.41. The predicted molar refractivity (Wildman–Crippen MR) is 112 cm³/mol. The van der Waals surface area contributed by atoms with E-state index in [1.165, 1.54) is 61.2 Å². The summed E-state index contributed by atoms with van der Waals surface area (Å²) >= 11 is 0. The first-order chi connectivity index (χ1) is 11.6. The maximum atomic E-state index is 2.42. The predicted octanol–water partition coefficient (Wildman–Crippen LogP) is 7.18. The molecule has 0 amide bonds. The molecule has 0 saturated carbocycles. The Morgan fingerprint density at radius 1 is 0.560 bits per heavy atom. The molecule has 1 aliphatic carbocycles. The van der Waals surface area contributed by atoms with Crippen LogP contribution in [0.25, 0.3) is 17.2 Å².